The maximum Gasteiger partial charge on any atom is 0.328 e. The van der Waals surface area contributed by atoms with Crippen molar-refractivity contribution in [3.8, 4) is 0 Å². The molecule has 0 aromatic heterocycles. The summed E-state index contributed by atoms with van der Waals surface area (Å²) in [5.41, 5.74) is 0.364. The van der Waals surface area contributed by atoms with E-state index < -0.39 is 6.04 Å². The fourth-order valence-electron chi connectivity index (χ4n) is 2.71. The SMILES string of the molecule is COC(=O)C(Nc1ccccc1F)C1CCCCC1. The second-order valence-electron chi connectivity index (χ2n) is 5.02. The normalized spacial score (nSPS) is 17.8. The van der Waals surface area contributed by atoms with E-state index in [1.165, 1.54) is 19.6 Å². The van der Waals surface area contributed by atoms with Gasteiger partial charge >= 0.3 is 5.97 Å². The first-order chi connectivity index (χ1) is 9.22. The second kappa shape index (κ2) is 6.55. The Balaban J connectivity index is 2.13. The van der Waals surface area contributed by atoms with E-state index in [1.54, 1.807) is 18.2 Å². The quantitative estimate of drug-likeness (QED) is 0.848. The number of carbonyl (C=O) groups is 1. The maximum atomic E-state index is 13.7. The summed E-state index contributed by atoms with van der Waals surface area (Å²) < 4.78 is 18.5. The number of para-hydroxylation sites is 1. The Hall–Kier alpha value is -1.58. The highest BCUT2D eigenvalue weighted by atomic mass is 19.1. The first kappa shape index (κ1) is 13.8. The molecule has 1 N–H and O–H groups in total. The lowest BCUT2D eigenvalue weighted by atomic mass is 9.83. The zero-order valence-corrected chi connectivity index (χ0v) is 11.2. The number of ether oxygens (including phenoxy) is 1. The number of benzene rings is 1. The molecular formula is C15H20FNO2. The molecule has 1 aromatic carbocycles. The van der Waals surface area contributed by atoms with Crippen LogP contribution in [-0.2, 0) is 9.53 Å². The summed E-state index contributed by atoms with van der Waals surface area (Å²) in [6.45, 7) is 0. The lowest BCUT2D eigenvalue weighted by molar-refractivity contribution is -0.143. The van der Waals surface area contributed by atoms with Crippen LogP contribution in [0.5, 0.6) is 0 Å². The van der Waals surface area contributed by atoms with Gasteiger partial charge in [0.2, 0.25) is 0 Å². The number of halogens is 1. The predicted octanol–water partition coefficient (Wildman–Crippen LogP) is 3.36. The fourth-order valence-corrected chi connectivity index (χ4v) is 2.71. The molecule has 1 aliphatic carbocycles. The van der Waals surface area contributed by atoms with Gasteiger partial charge in [-0.2, -0.15) is 0 Å². The van der Waals surface area contributed by atoms with E-state index in [-0.39, 0.29) is 17.7 Å². The molecule has 1 atom stereocenters. The van der Waals surface area contributed by atoms with Gasteiger partial charge in [0.1, 0.15) is 11.9 Å². The van der Waals surface area contributed by atoms with Gasteiger partial charge in [0.15, 0.2) is 0 Å². The Labute approximate surface area is 113 Å². The van der Waals surface area contributed by atoms with Crippen LogP contribution >= 0.6 is 0 Å². The molecule has 1 saturated carbocycles. The van der Waals surface area contributed by atoms with Crippen molar-refractivity contribution >= 4 is 11.7 Å². The minimum atomic E-state index is -0.456. The Morgan fingerprint density at radius 3 is 2.63 bits per heavy atom. The van der Waals surface area contributed by atoms with Gasteiger partial charge < -0.3 is 10.1 Å². The van der Waals surface area contributed by atoms with Gasteiger partial charge in [0, 0.05) is 0 Å². The summed E-state index contributed by atoms with van der Waals surface area (Å²) in [4.78, 5) is 11.9. The number of nitrogens with one attached hydrogen (secondary N) is 1. The van der Waals surface area contributed by atoms with Gasteiger partial charge in [-0.15, -0.1) is 0 Å². The van der Waals surface area contributed by atoms with Crippen LogP contribution in [-0.4, -0.2) is 19.1 Å². The number of carbonyl (C=O) groups excluding carboxylic acids is 1. The Kier molecular flexibility index (Phi) is 4.77. The van der Waals surface area contributed by atoms with Crippen molar-refractivity contribution < 1.29 is 13.9 Å². The molecule has 1 fully saturated rings. The summed E-state index contributed by atoms with van der Waals surface area (Å²) in [7, 11) is 1.38. The highest BCUT2D eigenvalue weighted by Gasteiger charge is 2.30. The summed E-state index contributed by atoms with van der Waals surface area (Å²) in [6.07, 6.45) is 5.43. The maximum absolute atomic E-state index is 13.7. The molecule has 0 spiro atoms. The van der Waals surface area contributed by atoms with E-state index in [4.69, 9.17) is 4.74 Å². The third-order valence-corrected chi connectivity index (χ3v) is 3.76. The van der Waals surface area contributed by atoms with Crippen LogP contribution in [0, 0.1) is 11.7 Å². The summed E-state index contributed by atoms with van der Waals surface area (Å²) in [6, 6.07) is 5.96. The largest absolute Gasteiger partial charge is 0.467 e. The first-order valence-corrected chi connectivity index (χ1v) is 6.81. The minimum absolute atomic E-state index is 0.223. The number of hydrogen-bond acceptors (Lipinski definition) is 3. The zero-order chi connectivity index (χ0) is 13.7. The van der Waals surface area contributed by atoms with Crippen LogP contribution in [0.15, 0.2) is 24.3 Å². The van der Waals surface area contributed by atoms with E-state index in [0.717, 1.165) is 25.7 Å². The number of esters is 1. The molecular weight excluding hydrogens is 245 g/mol. The number of methoxy groups -OCH3 is 1. The minimum Gasteiger partial charge on any atom is -0.467 e. The van der Waals surface area contributed by atoms with Gasteiger partial charge in [0.05, 0.1) is 12.8 Å². The Bertz CT molecular complexity index is 430. The van der Waals surface area contributed by atoms with Gasteiger partial charge in [-0.25, -0.2) is 9.18 Å². The standard InChI is InChI=1S/C15H20FNO2/c1-19-15(18)14(11-7-3-2-4-8-11)17-13-10-6-5-9-12(13)16/h5-6,9-11,14,17H,2-4,7-8H2,1H3. The van der Waals surface area contributed by atoms with Crippen molar-refractivity contribution in [2.75, 3.05) is 12.4 Å². The molecule has 1 unspecified atom stereocenters. The van der Waals surface area contributed by atoms with Gasteiger partial charge in [-0.1, -0.05) is 31.4 Å². The van der Waals surface area contributed by atoms with E-state index >= 15 is 0 Å². The second-order valence-corrected chi connectivity index (χ2v) is 5.02. The molecule has 0 amide bonds. The summed E-state index contributed by atoms with van der Waals surface area (Å²) in [5.74, 6) is -0.428. The van der Waals surface area contributed by atoms with Crippen LogP contribution in [0.2, 0.25) is 0 Å². The molecule has 0 bridgehead atoms. The molecule has 0 saturated heterocycles. The van der Waals surface area contributed by atoms with Crippen LogP contribution < -0.4 is 5.32 Å². The van der Waals surface area contributed by atoms with Crippen molar-refractivity contribution in [3.63, 3.8) is 0 Å². The molecule has 1 aromatic rings. The lowest BCUT2D eigenvalue weighted by Crippen LogP contribution is -2.39. The van der Waals surface area contributed by atoms with E-state index in [0.29, 0.717) is 5.69 Å². The van der Waals surface area contributed by atoms with Crippen LogP contribution in [0.4, 0.5) is 10.1 Å². The van der Waals surface area contributed by atoms with Gasteiger partial charge in [-0.05, 0) is 30.9 Å². The molecule has 4 heteroatoms. The van der Waals surface area contributed by atoms with E-state index in [2.05, 4.69) is 5.32 Å². The number of rotatable bonds is 4. The van der Waals surface area contributed by atoms with Crippen molar-refractivity contribution in [1.82, 2.24) is 0 Å². The topological polar surface area (TPSA) is 38.3 Å². The van der Waals surface area contributed by atoms with Crippen molar-refractivity contribution in [2.24, 2.45) is 5.92 Å². The molecule has 3 nitrogen and oxygen atoms in total. The molecule has 0 radical (unpaired) electrons. The molecule has 19 heavy (non-hydrogen) atoms. The van der Waals surface area contributed by atoms with E-state index in [1.807, 2.05) is 0 Å². The van der Waals surface area contributed by atoms with Crippen LogP contribution in [0.1, 0.15) is 32.1 Å². The fraction of sp³-hybridized carbons (Fsp3) is 0.533. The van der Waals surface area contributed by atoms with Crippen molar-refractivity contribution in [3.05, 3.63) is 30.1 Å². The zero-order valence-electron chi connectivity index (χ0n) is 11.2. The molecule has 0 aliphatic heterocycles. The molecule has 0 heterocycles. The highest BCUT2D eigenvalue weighted by molar-refractivity contribution is 5.79. The smallest absolute Gasteiger partial charge is 0.328 e. The molecule has 104 valence electrons. The Morgan fingerprint density at radius 2 is 2.00 bits per heavy atom. The predicted molar refractivity (Wildman–Crippen MR) is 72.4 cm³/mol. The Morgan fingerprint density at radius 1 is 1.32 bits per heavy atom. The first-order valence-electron chi connectivity index (χ1n) is 6.81. The highest BCUT2D eigenvalue weighted by Crippen LogP contribution is 2.29. The summed E-state index contributed by atoms with van der Waals surface area (Å²) in [5, 5.41) is 3.02. The monoisotopic (exact) mass is 265 g/mol. The summed E-state index contributed by atoms with van der Waals surface area (Å²) >= 11 is 0. The molecule has 2 rings (SSSR count). The van der Waals surface area contributed by atoms with Gasteiger partial charge in [-0.3, -0.25) is 0 Å². The van der Waals surface area contributed by atoms with Crippen molar-refractivity contribution in [1.29, 1.82) is 0 Å². The average molecular weight is 265 g/mol. The van der Waals surface area contributed by atoms with Crippen LogP contribution in [0.25, 0.3) is 0 Å². The van der Waals surface area contributed by atoms with Crippen molar-refractivity contribution in [2.45, 2.75) is 38.1 Å². The van der Waals surface area contributed by atoms with E-state index in [9.17, 15) is 9.18 Å². The number of hydrogen-bond donors (Lipinski definition) is 1. The lowest BCUT2D eigenvalue weighted by Gasteiger charge is -2.29. The third-order valence-electron chi connectivity index (χ3n) is 3.76. The third kappa shape index (κ3) is 3.46. The van der Waals surface area contributed by atoms with Crippen LogP contribution in [0.3, 0.4) is 0 Å². The number of anilines is 1. The average Bonchev–Trinajstić information content (AvgIpc) is 2.46. The molecule has 1 aliphatic rings. The van der Waals surface area contributed by atoms with Gasteiger partial charge in [0.25, 0.3) is 0 Å².